The van der Waals surface area contributed by atoms with E-state index in [4.69, 9.17) is 17.3 Å². The van der Waals surface area contributed by atoms with Gasteiger partial charge in [-0.05, 0) is 18.2 Å². The average Bonchev–Trinajstić information content (AvgIpc) is 2.42. The fraction of sp³-hybridized carbons (Fsp3) is 0.222. The molecule has 13 heavy (non-hydrogen) atoms. The number of aryl methyl sites for hydroxylation is 1. The Morgan fingerprint density at radius 1 is 1.54 bits per heavy atom. The summed E-state index contributed by atoms with van der Waals surface area (Å²) in [4.78, 5) is 4.35. The van der Waals surface area contributed by atoms with Gasteiger partial charge in [0, 0.05) is 12.1 Å². The Labute approximate surface area is 81.1 Å². The zero-order valence-electron chi connectivity index (χ0n) is 7.29. The van der Waals surface area contributed by atoms with E-state index in [9.17, 15) is 0 Å². The molecule has 0 aliphatic carbocycles. The highest BCUT2D eigenvalue weighted by Crippen LogP contribution is 2.19. The number of halogens is 1. The van der Waals surface area contributed by atoms with Crippen molar-refractivity contribution in [1.29, 1.82) is 0 Å². The lowest BCUT2D eigenvalue weighted by Crippen LogP contribution is -2.04. The number of benzene rings is 1. The lowest BCUT2D eigenvalue weighted by Gasteiger charge is -1.97. The Kier molecular flexibility index (Phi) is 1.98. The van der Waals surface area contributed by atoms with E-state index in [0.717, 1.165) is 16.9 Å². The van der Waals surface area contributed by atoms with Crippen LogP contribution >= 0.6 is 11.6 Å². The minimum atomic E-state index is 0.447. The van der Waals surface area contributed by atoms with Gasteiger partial charge in [0.2, 0.25) is 0 Å². The van der Waals surface area contributed by atoms with Crippen molar-refractivity contribution in [2.45, 2.75) is 6.54 Å². The molecule has 2 aromatic rings. The molecule has 0 fully saturated rings. The second kappa shape index (κ2) is 3.01. The van der Waals surface area contributed by atoms with Crippen molar-refractivity contribution in [2.24, 2.45) is 12.8 Å². The first-order chi connectivity index (χ1) is 6.22. The first kappa shape index (κ1) is 8.53. The van der Waals surface area contributed by atoms with Crippen molar-refractivity contribution >= 4 is 22.6 Å². The molecule has 0 radical (unpaired) electrons. The number of rotatable bonds is 1. The van der Waals surface area contributed by atoms with Crippen molar-refractivity contribution in [1.82, 2.24) is 9.55 Å². The Morgan fingerprint density at radius 3 is 3.00 bits per heavy atom. The fourth-order valence-corrected chi connectivity index (χ4v) is 1.57. The maximum absolute atomic E-state index is 5.84. The highest BCUT2D eigenvalue weighted by atomic mass is 35.5. The van der Waals surface area contributed by atoms with Gasteiger partial charge in [-0.25, -0.2) is 4.98 Å². The number of fused-ring (bicyclic) bond motifs is 1. The Balaban J connectivity index is 2.76. The molecule has 68 valence electrons. The van der Waals surface area contributed by atoms with Crippen molar-refractivity contribution in [3.05, 3.63) is 29.0 Å². The minimum Gasteiger partial charge on any atom is -0.330 e. The third-order valence-corrected chi connectivity index (χ3v) is 2.35. The molecule has 0 amide bonds. The van der Waals surface area contributed by atoms with Crippen LogP contribution in [-0.2, 0) is 13.6 Å². The normalized spacial score (nSPS) is 11.0. The number of hydrogen-bond acceptors (Lipinski definition) is 2. The highest BCUT2D eigenvalue weighted by Gasteiger charge is 2.05. The third-order valence-electron chi connectivity index (χ3n) is 2.12. The fourth-order valence-electron chi connectivity index (χ4n) is 1.41. The van der Waals surface area contributed by atoms with Gasteiger partial charge < -0.3 is 10.3 Å². The van der Waals surface area contributed by atoms with Crippen LogP contribution in [-0.4, -0.2) is 9.55 Å². The molecule has 2 rings (SSSR count). The Bertz CT molecular complexity index is 447. The Morgan fingerprint density at radius 2 is 2.31 bits per heavy atom. The van der Waals surface area contributed by atoms with E-state index in [1.54, 1.807) is 0 Å². The lowest BCUT2D eigenvalue weighted by atomic mass is 10.3. The average molecular weight is 196 g/mol. The predicted molar refractivity (Wildman–Crippen MR) is 53.6 cm³/mol. The van der Waals surface area contributed by atoms with Crippen LogP contribution in [0.3, 0.4) is 0 Å². The van der Waals surface area contributed by atoms with Gasteiger partial charge in [0.05, 0.1) is 17.6 Å². The van der Waals surface area contributed by atoms with Crippen molar-refractivity contribution in [2.75, 3.05) is 0 Å². The summed E-state index contributed by atoms with van der Waals surface area (Å²) in [5, 5.41) is 0.703. The van der Waals surface area contributed by atoms with Gasteiger partial charge in [-0.2, -0.15) is 0 Å². The zero-order chi connectivity index (χ0) is 9.42. The first-order valence-corrected chi connectivity index (χ1v) is 4.41. The second-order valence-corrected chi connectivity index (χ2v) is 3.36. The maximum Gasteiger partial charge on any atom is 0.123 e. The molecular weight excluding hydrogens is 186 g/mol. The smallest absolute Gasteiger partial charge is 0.123 e. The molecule has 0 saturated heterocycles. The van der Waals surface area contributed by atoms with Gasteiger partial charge in [0.15, 0.2) is 0 Å². The van der Waals surface area contributed by atoms with Crippen LogP contribution in [0.2, 0.25) is 5.02 Å². The third kappa shape index (κ3) is 1.30. The SMILES string of the molecule is Cn1c(CN)nc2cc(Cl)ccc21. The summed E-state index contributed by atoms with van der Waals surface area (Å²) < 4.78 is 1.98. The lowest BCUT2D eigenvalue weighted by molar-refractivity contribution is 0.813. The first-order valence-electron chi connectivity index (χ1n) is 4.03. The van der Waals surface area contributed by atoms with Gasteiger partial charge >= 0.3 is 0 Å². The summed E-state index contributed by atoms with van der Waals surface area (Å²) in [5.74, 6) is 0.872. The van der Waals surface area contributed by atoms with E-state index >= 15 is 0 Å². The molecule has 0 bridgehead atoms. The molecule has 3 nitrogen and oxygen atoms in total. The molecule has 4 heteroatoms. The van der Waals surface area contributed by atoms with E-state index in [1.807, 2.05) is 29.8 Å². The summed E-state index contributed by atoms with van der Waals surface area (Å²) in [6.45, 7) is 0.447. The molecule has 0 atom stereocenters. The number of hydrogen-bond donors (Lipinski definition) is 1. The van der Waals surface area contributed by atoms with Gasteiger partial charge in [-0.15, -0.1) is 0 Å². The van der Waals surface area contributed by atoms with Crippen molar-refractivity contribution in [3.63, 3.8) is 0 Å². The largest absolute Gasteiger partial charge is 0.330 e. The summed E-state index contributed by atoms with van der Waals surface area (Å²) in [7, 11) is 1.95. The van der Waals surface area contributed by atoms with Crippen LogP contribution in [0.1, 0.15) is 5.82 Å². The molecule has 1 aromatic carbocycles. The summed E-state index contributed by atoms with van der Waals surface area (Å²) in [5.41, 5.74) is 7.49. The van der Waals surface area contributed by atoms with Crippen LogP contribution < -0.4 is 5.73 Å². The predicted octanol–water partition coefficient (Wildman–Crippen LogP) is 1.69. The molecule has 0 saturated carbocycles. The topological polar surface area (TPSA) is 43.8 Å². The molecule has 2 N–H and O–H groups in total. The molecule has 1 aromatic heterocycles. The summed E-state index contributed by atoms with van der Waals surface area (Å²) >= 11 is 5.84. The van der Waals surface area contributed by atoms with Gasteiger partial charge in [-0.3, -0.25) is 0 Å². The van der Waals surface area contributed by atoms with Gasteiger partial charge in [0.1, 0.15) is 5.82 Å². The molecule has 0 unspecified atom stereocenters. The van der Waals surface area contributed by atoms with Crippen LogP contribution in [0.4, 0.5) is 0 Å². The van der Waals surface area contributed by atoms with Gasteiger partial charge in [0.25, 0.3) is 0 Å². The number of aromatic nitrogens is 2. The zero-order valence-corrected chi connectivity index (χ0v) is 8.04. The minimum absolute atomic E-state index is 0.447. The quantitative estimate of drug-likeness (QED) is 0.753. The van der Waals surface area contributed by atoms with Crippen LogP contribution in [0, 0.1) is 0 Å². The van der Waals surface area contributed by atoms with Crippen LogP contribution in [0.15, 0.2) is 18.2 Å². The summed E-state index contributed by atoms with van der Waals surface area (Å²) in [6.07, 6.45) is 0. The molecule has 1 heterocycles. The monoisotopic (exact) mass is 195 g/mol. The maximum atomic E-state index is 5.84. The molecule has 0 aliphatic rings. The second-order valence-electron chi connectivity index (χ2n) is 2.92. The number of nitrogens with two attached hydrogens (primary N) is 1. The highest BCUT2D eigenvalue weighted by molar-refractivity contribution is 6.31. The number of imidazole rings is 1. The van der Waals surface area contributed by atoms with Crippen molar-refractivity contribution < 1.29 is 0 Å². The van der Waals surface area contributed by atoms with Crippen molar-refractivity contribution in [3.8, 4) is 0 Å². The van der Waals surface area contributed by atoms with E-state index in [1.165, 1.54) is 0 Å². The van der Waals surface area contributed by atoms with E-state index in [2.05, 4.69) is 4.98 Å². The van der Waals surface area contributed by atoms with Crippen LogP contribution in [0.25, 0.3) is 11.0 Å². The van der Waals surface area contributed by atoms with E-state index < -0.39 is 0 Å². The standard InChI is InChI=1S/C9H10ClN3/c1-13-8-3-2-6(10)4-7(8)12-9(13)5-11/h2-4H,5,11H2,1H3. The van der Waals surface area contributed by atoms with Gasteiger partial charge in [-0.1, -0.05) is 11.6 Å². The summed E-state index contributed by atoms with van der Waals surface area (Å²) in [6, 6.07) is 5.64. The van der Waals surface area contributed by atoms with E-state index in [-0.39, 0.29) is 0 Å². The molecule has 0 aliphatic heterocycles. The number of nitrogens with zero attached hydrogens (tertiary/aromatic N) is 2. The molecular formula is C9H10ClN3. The Hall–Kier alpha value is -1.06. The van der Waals surface area contributed by atoms with E-state index in [0.29, 0.717) is 11.6 Å². The van der Waals surface area contributed by atoms with Crippen LogP contribution in [0.5, 0.6) is 0 Å². The molecule has 0 spiro atoms.